The molecule has 3 aromatic carbocycles. The largest absolute Gasteiger partial charge is 0.467 e. The fraction of sp³-hybridized carbons (Fsp3) is 0.231. The van der Waals surface area contributed by atoms with E-state index in [0.717, 1.165) is 30.1 Å². The lowest BCUT2D eigenvalue weighted by molar-refractivity contribution is -0.143. The van der Waals surface area contributed by atoms with Crippen LogP contribution in [0.4, 0.5) is 0 Å². The summed E-state index contributed by atoms with van der Waals surface area (Å²) in [6.07, 6.45) is 0.514. The number of aryl methyl sites for hydroxylation is 3. The van der Waals surface area contributed by atoms with E-state index in [9.17, 15) is 18.0 Å². The van der Waals surface area contributed by atoms with Crippen LogP contribution < -0.4 is 5.73 Å². The van der Waals surface area contributed by atoms with Crippen LogP contribution in [0.1, 0.15) is 32.6 Å². The van der Waals surface area contributed by atoms with Crippen molar-refractivity contribution >= 4 is 22.1 Å². The number of nitrogens with two attached hydrogens (primary N) is 1. The van der Waals surface area contributed by atoms with Gasteiger partial charge < -0.3 is 10.5 Å². The molecule has 0 aliphatic carbocycles. The minimum atomic E-state index is -4.30. The van der Waals surface area contributed by atoms with Crippen LogP contribution in [-0.2, 0) is 25.8 Å². The number of aldehydes is 1. The molecule has 0 aliphatic heterocycles. The Morgan fingerprint density at radius 1 is 0.970 bits per heavy atom. The van der Waals surface area contributed by atoms with Gasteiger partial charge in [0.15, 0.2) is 0 Å². The van der Waals surface area contributed by atoms with Gasteiger partial charge in [-0.15, -0.1) is 0 Å². The summed E-state index contributed by atoms with van der Waals surface area (Å²) in [5.41, 5.74) is 11.1. The summed E-state index contributed by atoms with van der Waals surface area (Å²) < 4.78 is 32.3. The van der Waals surface area contributed by atoms with E-state index < -0.39 is 20.7 Å². The number of hydrogen-bond acceptors (Lipinski definition) is 6. The molecule has 6 nitrogen and oxygen atoms in total. The lowest BCUT2D eigenvalue weighted by atomic mass is 9.99. The van der Waals surface area contributed by atoms with E-state index in [1.165, 1.54) is 0 Å². The molecular weight excluding hydrogens is 438 g/mol. The highest BCUT2D eigenvalue weighted by atomic mass is 32.2. The molecule has 0 saturated carbocycles. The van der Waals surface area contributed by atoms with E-state index in [1.807, 2.05) is 13.0 Å². The Morgan fingerprint density at radius 2 is 1.58 bits per heavy atom. The van der Waals surface area contributed by atoms with E-state index in [2.05, 4.69) is 0 Å². The maximum Gasteiger partial charge on any atom is 0.342 e. The van der Waals surface area contributed by atoms with E-state index >= 15 is 0 Å². The monoisotopic (exact) mass is 465 g/mol. The zero-order valence-electron chi connectivity index (χ0n) is 19.1. The zero-order valence-corrected chi connectivity index (χ0v) is 19.9. The lowest BCUT2D eigenvalue weighted by Crippen LogP contribution is -2.57. The van der Waals surface area contributed by atoms with Crippen LogP contribution in [0.25, 0.3) is 11.1 Å². The Labute approximate surface area is 194 Å². The summed E-state index contributed by atoms with van der Waals surface area (Å²) in [4.78, 5) is 21.5. The molecule has 0 fully saturated rings. The molecule has 3 aromatic rings. The van der Waals surface area contributed by atoms with Crippen LogP contribution in [0.5, 0.6) is 0 Å². The molecule has 172 valence electrons. The Hall–Kier alpha value is -3.29. The number of esters is 1. The Bertz CT molecular complexity index is 1290. The van der Waals surface area contributed by atoms with Gasteiger partial charge >= 0.3 is 5.97 Å². The quantitative estimate of drug-likeness (QED) is 0.419. The first-order valence-corrected chi connectivity index (χ1v) is 11.9. The molecule has 0 spiro atoms. The van der Waals surface area contributed by atoms with Gasteiger partial charge in [0.25, 0.3) is 0 Å². The van der Waals surface area contributed by atoms with Crippen molar-refractivity contribution in [3.63, 3.8) is 0 Å². The third-order valence-corrected chi connectivity index (χ3v) is 8.11. The summed E-state index contributed by atoms with van der Waals surface area (Å²) >= 11 is 0. The second-order valence-electron chi connectivity index (χ2n) is 8.23. The maximum atomic E-state index is 13.7. The fourth-order valence-corrected chi connectivity index (χ4v) is 6.12. The average Bonchev–Trinajstić information content (AvgIpc) is 2.77. The van der Waals surface area contributed by atoms with E-state index in [0.29, 0.717) is 22.3 Å². The summed E-state index contributed by atoms with van der Waals surface area (Å²) in [6.45, 7) is 5.25. The smallest absolute Gasteiger partial charge is 0.342 e. The fourth-order valence-electron chi connectivity index (χ4n) is 4.13. The van der Waals surface area contributed by atoms with Gasteiger partial charge in [0.05, 0.1) is 12.0 Å². The summed E-state index contributed by atoms with van der Waals surface area (Å²) in [6, 6.07) is 17.7. The number of hydrogen-bond donors (Lipinski definition) is 1. The third-order valence-electron chi connectivity index (χ3n) is 5.66. The minimum Gasteiger partial charge on any atom is -0.467 e. The molecule has 3 rings (SSSR count). The second kappa shape index (κ2) is 9.29. The number of rotatable bonds is 7. The van der Waals surface area contributed by atoms with E-state index in [-0.39, 0.29) is 11.3 Å². The number of carbonyl (C=O) groups excluding carboxylic acids is 2. The van der Waals surface area contributed by atoms with Crippen LogP contribution in [0.2, 0.25) is 0 Å². The van der Waals surface area contributed by atoms with Gasteiger partial charge in [-0.25, -0.2) is 13.2 Å². The van der Waals surface area contributed by atoms with E-state index in [1.54, 1.807) is 68.4 Å². The predicted molar refractivity (Wildman–Crippen MR) is 128 cm³/mol. The van der Waals surface area contributed by atoms with Crippen molar-refractivity contribution < 1.29 is 22.7 Å². The van der Waals surface area contributed by atoms with Crippen LogP contribution in [0, 0.1) is 20.8 Å². The van der Waals surface area contributed by atoms with Gasteiger partial charge in [-0.05, 0) is 54.7 Å². The molecule has 0 radical (unpaired) electrons. The number of sulfone groups is 1. The van der Waals surface area contributed by atoms with Crippen LogP contribution >= 0.6 is 0 Å². The molecule has 0 aliphatic rings. The highest BCUT2D eigenvalue weighted by molar-refractivity contribution is 7.93. The van der Waals surface area contributed by atoms with Crippen molar-refractivity contribution in [3.05, 3.63) is 88.5 Å². The van der Waals surface area contributed by atoms with Gasteiger partial charge in [-0.1, -0.05) is 60.2 Å². The van der Waals surface area contributed by atoms with Crippen molar-refractivity contribution in [2.75, 3.05) is 7.11 Å². The zero-order chi connectivity index (χ0) is 24.4. The van der Waals surface area contributed by atoms with E-state index in [4.69, 9.17) is 10.5 Å². The molecule has 0 amide bonds. The van der Waals surface area contributed by atoms with Crippen molar-refractivity contribution in [3.8, 4) is 11.1 Å². The summed E-state index contributed by atoms with van der Waals surface area (Å²) in [7, 11) is -3.17. The first kappa shape index (κ1) is 24.4. The average molecular weight is 466 g/mol. The number of methoxy groups -OCH3 is 1. The van der Waals surface area contributed by atoms with Gasteiger partial charge in [-0.3, -0.25) is 4.79 Å². The van der Waals surface area contributed by atoms with Crippen LogP contribution in [0.3, 0.4) is 0 Å². The normalized spacial score (nSPS) is 13.2. The van der Waals surface area contributed by atoms with Crippen molar-refractivity contribution in [2.24, 2.45) is 5.73 Å². The molecular formula is C26H27NO5S. The molecule has 0 unspecified atom stereocenters. The minimum absolute atomic E-state index is 0.0447. The lowest BCUT2D eigenvalue weighted by Gasteiger charge is -2.28. The van der Waals surface area contributed by atoms with Crippen LogP contribution in [0.15, 0.2) is 65.6 Å². The number of benzene rings is 3. The topological polar surface area (TPSA) is 104 Å². The van der Waals surface area contributed by atoms with Gasteiger partial charge in [-0.2, -0.15) is 0 Å². The Balaban J connectivity index is 2.03. The Kier molecular flexibility index (Phi) is 6.86. The molecule has 33 heavy (non-hydrogen) atoms. The van der Waals surface area contributed by atoms with Gasteiger partial charge in [0, 0.05) is 12.0 Å². The molecule has 0 bridgehead atoms. The van der Waals surface area contributed by atoms with Gasteiger partial charge in [0.2, 0.25) is 14.7 Å². The SMILES string of the molecule is COC(=O)[C@](N)(Cc1ccc(-c2cccc(C=O)c2)cc1)S(=O)(=O)c1c(C)cc(C)cc1C. The molecule has 0 aromatic heterocycles. The van der Waals surface area contributed by atoms with Crippen LogP contribution in [-0.4, -0.2) is 32.7 Å². The number of carbonyl (C=O) groups is 2. The molecule has 1 atom stereocenters. The first-order chi connectivity index (χ1) is 15.5. The Morgan fingerprint density at radius 3 is 2.12 bits per heavy atom. The highest BCUT2D eigenvalue weighted by Gasteiger charge is 2.50. The number of ether oxygens (including phenoxy) is 1. The maximum absolute atomic E-state index is 13.7. The van der Waals surface area contributed by atoms with Crippen molar-refractivity contribution in [1.82, 2.24) is 0 Å². The summed E-state index contributed by atoms with van der Waals surface area (Å²) in [5, 5.41) is 0. The predicted octanol–water partition coefficient (Wildman–Crippen LogP) is 3.94. The standard InChI is InChI=1S/C26H27NO5S/c1-17-12-18(2)24(19(3)13-17)33(30,31)26(27,25(29)32-4)15-20-8-10-22(11-9-20)23-7-5-6-21(14-23)16-28/h5-14,16H,15,27H2,1-4H3/t26-/m0/s1. The molecule has 0 saturated heterocycles. The van der Waals surface area contributed by atoms with Crippen molar-refractivity contribution in [2.45, 2.75) is 37.0 Å². The van der Waals surface area contributed by atoms with Gasteiger partial charge in [0.1, 0.15) is 6.29 Å². The third kappa shape index (κ3) is 4.60. The summed E-state index contributed by atoms with van der Waals surface area (Å²) in [5.74, 6) is -1.02. The van der Waals surface area contributed by atoms with Crippen molar-refractivity contribution in [1.29, 1.82) is 0 Å². The first-order valence-electron chi connectivity index (χ1n) is 10.4. The molecule has 2 N–H and O–H groups in total. The second-order valence-corrected chi connectivity index (χ2v) is 10.4. The molecule has 7 heteroatoms. The highest BCUT2D eigenvalue weighted by Crippen LogP contribution is 2.32. The molecule has 0 heterocycles.